The van der Waals surface area contributed by atoms with Crippen molar-refractivity contribution in [1.82, 2.24) is 0 Å². The van der Waals surface area contributed by atoms with Crippen LogP contribution in [-0.4, -0.2) is 27.6 Å². The Morgan fingerprint density at radius 3 is 2.19 bits per heavy atom. The molecule has 0 atom stereocenters. The van der Waals surface area contributed by atoms with E-state index < -0.39 is 8.07 Å². The number of methoxy groups -OCH3 is 1. The van der Waals surface area contributed by atoms with Crippen LogP contribution in [0.15, 0.2) is 30.3 Å². The lowest BCUT2D eigenvalue weighted by Gasteiger charge is -2.40. The summed E-state index contributed by atoms with van der Waals surface area (Å²) in [5, 5.41) is 1.70. The predicted molar refractivity (Wildman–Crippen MR) is 116 cm³/mol. The fourth-order valence-corrected chi connectivity index (χ4v) is 10.8. The average molecular weight is 387 g/mol. The van der Waals surface area contributed by atoms with E-state index in [0.717, 1.165) is 44.1 Å². The second-order valence-corrected chi connectivity index (χ2v) is 13.7. The van der Waals surface area contributed by atoms with Crippen LogP contribution in [0.2, 0.25) is 18.1 Å². The Morgan fingerprint density at radius 1 is 0.926 bits per heavy atom. The van der Waals surface area contributed by atoms with Gasteiger partial charge in [0.15, 0.2) is 0 Å². The molecule has 0 radical (unpaired) electrons. The molecular formula is C24H38O2Si. The van der Waals surface area contributed by atoms with E-state index in [-0.39, 0.29) is 0 Å². The van der Waals surface area contributed by atoms with Gasteiger partial charge in [-0.25, -0.2) is 0 Å². The highest BCUT2D eigenvalue weighted by atomic mass is 28.3. The van der Waals surface area contributed by atoms with Crippen molar-refractivity contribution >= 4 is 19.0 Å². The van der Waals surface area contributed by atoms with E-state index in [0.29, 0.717) is 5.78 Å². The lowest BCUT2D eigenvalue weighted by Crippen LogP contribution is -2.50. The van der Waals surface area contributed by atoms with Crippen LogP contribution in [-0.2, 0) is 9.53 Å². The highest BCUT2D eigenvalue weighted by Crippen LogP contribution is 2.39. The maximum Gasteiger partial charge on any atom is 0.132 e. The molecule has 0 N–H and O–H groups in total. The Hall–Kier alpha value is -0.933. The normalized spacial score (nSPS) is 27.0. The van der Waals surface area contributed by atoms with Gasteiger partial charge in [-0.3, -0.25) is 4.79 Å². The molecule has 0 bridgehead atoms. The third-order valence-corrected chi connectivity index (χ3v) is 12.7. The van der Waals surface area contributed by atoms with Gasteiger partial charge in [0.2, 0.25) is 0 Å². The number of hydrogen-bond acceptors (Lipinski definition) is 2. The van der Waals surface area contributed by atoms with Crippen molar-refractivity contribution in [2.75, 3.05) is 13.7 Å². The van der Waals surface area contributed by atoms with Crippen molar-refractivity contribution in [3.8, 4) is 0 Å². The van der Waals surface area contributed by atoms with E-state index in [9.17, 15) is 4.79 Å². The molecule has 0 aromatic heterocycles. The summed E-state index contributed by atoms with van der Waals surface area (Å²) in [5.41, 5.74) is 0. The number of ether oxygens (including phenoxy) is 1. The molecule has 3 heteroatoms. The third-order valence-electron chi connectivity index (χ3n) is 7.35. The number of ketones is 1. The first kappa shape index (κ1) is 20.8. The zero-order valence-electron chi connectivity index (χ0n) is 17.3. The molecular weight excluding hydrogens is 348 g/mol. The second-order valence-electron chi connectivity index (χ2n) is 9.10. The molecule has 3 rings (SSSR count). The lowest BCUT2D eigenvalue weighted by molar-refractivity contribution is -0.121. The fourth-order valence-electron chi connectivity index (χ4n) is 5.46. The molecule has 27 heavy (non-hydrogen) atoms. The molecule has 0 amide bonds. The number of carbonyl (C=O) groups is 1. The molecule has 1 aromatic rings. The van der Waals surface area contributed by atoms with Crippen LogP contribution in [0.25, 0.3) is 0 Å². The molecule has 0 spiro atoms. The standard InChI is InChI=1S/C24H38O2Si/c1-26-17-5-6-18-27(24-7-3-2-4-8-24)19-15-22(16-20-27)10-9-21-11-13-23(25)14-12-21/h2-4,7-8,21-22H,5-6,9-20H2,1H3. The minimum absolute atomic E-state index is 0.496. The maximum absolute atomic E-state index is 11.4. The minimum Gasteiger partial charge on any atom is -0.385 e. The van der Waals surface area contributed by atoms with Crippen molar-refractivity contribution in [3.63, 3.8) is 0 Å². The Morgan fingerprint density at radius 2 is 1.56 bits per heavy atom. The Labute approximate surface area is 167 Å². The van der Waals surface area contributed by atoms with Gasteiger partial charge in [0, 0.05) is 26.6 Å². The van der Waals surface area contributed by atoms with Crippen molar-refractivity contribution in [1.29, 1.82) is 0 Å². The summed E-state index contributed by atoms with van der Waals surface area (Å²) in [4.78, 5) is 11.4. The largest absolute Gasteiger partial charge is 0.385 e. The summed E-state index contributed by atoms with van der Waals surface area (Å²) in [7, 11) is 0.489. The highest BCUT2D eigenvalue weighted by molar-refractivity contribution is 6.92. The van der Waals surface area contributed by atoms with Crippen molar-refractivity contribution in [2.24, 2.45) is 11.8 Å². The van der Waals surface area contributed by atoms with Gasteiger partial charge in [-0.15, -0.1) is 0 Å². The van der Waals surface area contributed by atoms with Gasteiger partial charge in [-0.2, -0.15) is 0 Å². The molecule has 1 aliphatic heterocycles. The average Bonchev–Trinajstić information content (AvgIpc) is 2.72. The highest BCUT2D eigenvalue weighted by Gasteiger charge is 2.38. The Balaban J connectivity index is 1.51. The SMILES string of the molecule is COCCCC[Si]1(c2ccccc2)CCC(CCC2CCC(=O)CC2)CC1. The fraction of sp³-hybridized carbons (Fsp3) is 0.708. The molecule has 1 aliphatic carbocycles. The van der Waals surface area contributed by atoms with Crippen molar-refractivity contribution in [3.05, 3.63) is 30.3 Å². The van der Waals surface area contributed by atoms with Crippen LogP contribution in [0, 0.1) is 11.8 Å². The molecule has 1 saturated carbocycles. The Bertz CT molecular complexity index is 553. The van der Waals surface area contributed by atoms with Crippen LogP contribution < -0.4 is 5.19 Å². The number of Topliss-reactive ketones (excluding diaryl/α,β-unsaturated/α-hetero) is 1. The molecule has 2 nitrogen and oxygen atoms in total. The first-order valence-corrected chi connectivity index (χ1v) is 13.9. The van der Waals surface area contributed by atoms with E-state index in [1.165, 1.54) is 56.7 Å². The van der Waals surface area contributed by atoms with Crippen LogP contribution in [0.3, 0.4) is 0 Å². The quantitative estimate of drug-likeness (QED) is 0.401. The topological polar surface area (TPSA) is 26.3 Å². The first-order valence-electron chi connectivity index (χ1n) is 11.3. The van der Waals surface area contributed by atoms with Gasteiger partial charge in [-0.05, 0) is 31.1 Å². The van der Waals surface area contributed by atoms with Gasteiger partial charge in [-0.1, -0.05) is 85.8 Å². The van der Waals surface area contributed by atoms with E-state index in [2.05, 4.69) is 30.3 Å². The van der Waals surface area contributed by atoms with Gasteiger partial charge in [0.25, 0.3) is 0 Å². The van der Waals surface area contributed by atoms with Gasteiger partial charge in [0.05, 0.1) is 8.07 Å². The molecule has 2 aliphatic rings. The van der Waals surface area contributed by atoms with E-state index in [4.69, 9.17) is 4.74 Å². The zero-order valence-corrected chi connectivity index (χ0v) is 18.3. The zero-order chi connectivity index (χ0) is 19.0. The molecule has 1 heterocycles. The maximum atomic E-state index is 11.4. The summed E-state index contributed by atoms with van der Waals surface area (Å²) in [5.74, 6) is 2.26. The van der Waals surface area contributed by atoms with Crippen LogP contribution >= 0.6 is 0 Å². The summed E-state index contributed by atoms with van der Waals surface area (Å²) in [6.45, 7) is 0.909. The molecule has 0 unspecified atom stereocenters. The van der Waals surface area contributed by atoms with Crippen molar-refractivity contribution < 1.29 is 9.53 Å². The summed E-state index contributed by atoms with van der Waals surface area (Å²) in [6.07, 6.45) is 12.2. The predicted octanol–water partition coefficient (Wildman–Crippen LogP) is 5.72. The first-order chi connectivity index (χ1) is 13.2. The number of benzene rings is 1. The third kappa shape index (κ3) is 6.02. The second kappa shape index (κ2) is 10.6. The van der Waals surface area contributed by atoms with E-state index in [1.54, 1.807) is 5.19 Å². The van der Waals surface area contributed by atoms with Crippen molar-refractivity contribution in [2.45, 2.75) is 82.3 Å². The van der Waals surface area contributed by atoms with Gasteiger partial charge < -0.3 is 4.74 Å². The Kier molecular flexibility index (Phi) is 8.14. The number of rotatable bonds is 9. The number of carbonyl (C=O) groups excluding carboxylic acids is 1. The van der Waals surface area contributed by atoms with Crippen LogP contribution in [0.1, 0.15) is 64.2 Å². The monoisotopic (exact) mass is 386 g/mol. The summed E-state index contributed by atoms with van der Waals surface area (Å²) >= 11 is 0. The number of unbranched alkanes of at least 4 members (excludes halogenated alkanes) is 1. The number of hydrogen-bond donors (Lipinski definition) is 0. The van der Waals surface area contributed by atoms with Crippen LogP contribution in [0.5, 0.6) is 0 Å². The molecule has 2 fully saturated rings. The molecule has 1 saturated heterocycles. The van der Waals surface area contributed by atoms with E-state index >= 15 is 0 Å². The summed E-state index contributed by atoms with van der Waals surface area (Å²) < 4.78 is 5.28. The van der Waals surface area contributed by atoms with Gasteiger partial charge >= 0.3 is 0 Å². The van der Waals surface area contributed by atoms with Gasteiger partial charge in [0.1, 0.15) is 5.78 Å². The minimum atomic E-state index is -1.33. The molecule has 150 valence electrons. The smallest absolute Gasteiger partial charge is 0.132 e. The summed E-state index contributed by atoms with van der Waals surface area (Å²) in [6, 6.07) is 15.9. The molecule has 1 aromatic carbocycles. The van der Waals surface area contributed by atoms with Crippen LogP contribution in [0.4, 0.5) is 0 Å². The van der Waals surface area contributed by atoms with E-state index in [1.807, 2.05) is 7.11 Å². The lowest BCUT2D eigenvalue weighted by atomic mass is 9.82.